The average molecular weight is 278 g/mol. The van der Waals surface area contributed by atoms with E-state index in [1.54, 1.807) is 24.3 Å². The zero-order chi connectivity index (χ0) is 14.0. The highest BCUT2D eigenvalue weighted by Crippen LogP contribution is 2.37. The number of hydrogen-bond acceptors (Lipinski definition) is 2. The Labute approximate surface area is 116 Å². The lowest BCUT2D eigenvalue weighted by Gasteiger charge is -2.33. The molecule has 1 aromatic carbocycles. The Bertz CT molecular complexity index is 543. The fourth-order valence-corrected chi connectivity index (χ4v) is 4.74. The quantitative estimate of drug-likeness (QED) is 0.787. The van der Waals surface area contributed by atoms with E-state index in [0.717, 1.165) is 18.4 Å². The van der Waals surface area contributed by atoms with E-state index in [9.17, 15) is 8.42 Å². The summed E-state index contributed by atoms with van der Waals surface area (Å²) in [6, 6.07) is 8.76. The van der Waals surface area contributed by atoms with Crippen molar-refractivity contribution in [2.24, 2.45) is 11.8 Å². The van der Waals surface area contributed by atoms with Crippen molar-refractivity contribution in [3.63, 3.8) is 0 Å². The van der Waals surface area contributed by atoms with Crippen LogP contribution in [0.25, 0.3) is 0 Å². The van der Waals surface area contributed by atoms with Crippen LogP contribution in [0.1, 0.15) is 33.1 Å². The third-order valence-corrected chi connectivity index (χ3v) is 6.40. The highest BCUT2D eigenvalue weighted by atomic mass is 32.2. The highest BCUT2D eigenvalue weighted by Gasteiger charge is 2.36. The molecular weight excluding hydrogens is 256 g/mol. The van der Waals surface area contributed by atoms with E-state index in [0.29, 0.717) is 23.2 Å². The second-order valence-electron chi connectivity index (χ2n) is 5.78. The topological polar surface area (TPSA) is 34.1 Å². The number of rotatable bonds is 3. The Morgan fingerprint density at radius 2 is 1.84 bits per heavy atom. The smallest absolute Gasteiger partial charge is 0.185 e. The molecule has 0 radical (unpaired) electrons. The number of hydrogen-bond donors (Lipinski definition) is 0. The van der Waals surface area contributed by atoms with E-state index in [2.05, 4.69) is 20.4 Å². The molecule has 0 N–H and O–H groups in total. The molecule has 2 nitrogen and oxygen atoms in total. The first-order valence-electron chi connectivity index (χ1n) is 6.89. The molecule has 1 aliphatic rings. The summed E-state index contributed by atoms with van der Waals surface area (Å²) < 4.78 is 25.4. The van der Waals surface area contributed by atoms with Crippen LogP contribution in [0.5, 0.6) is 0 Å². The SMILES string of the molecule is C=C1CC[C@H](C(C)C)CC1S(=O)(=O)c1ccccc1. The van der Waals surface area contributed by atoms with Crippen molar-refractivity contribution in [1.82, 2.24) is 0 Å². The number of sulfone groups is 1. The Balaban J connectivity index is 2.31. The largest absolute Gasteiger partial charge is 0.223 e. The molecule has 0 aromatic heterocycles. The van der Waals surface area contributed by atoms with Gasteiger partial charge in [-0.2, -0.15) is 0 Å². The zero-order valence-electron chi connectivity index (χ0n) is 11.7. The first-order chi connectivity index (χ1) is 8.93. The predicted molar refractivity (Wildman–Crippen MR) is 78.7 cm³/mol. The molecule has 1 aliphatic carbocycles. The van der Waals surface area contributed by atoms with Crippen LogP contribution in [0.15, 0.2) is 47.4 Å². The lowest BCUT2D eigenvalue weighted by molar-refractivity contribution is 0.311. The van der Waals surface area contributed by atoms with Gasteiger partial charge in [0.05, 0.1) is 10.1 Å². The first kappa shape index (κ1) is 14.3. The molecule has 0 aliphatic heterocycles. The standard InChI is InChI=1S/C16H22O2S/c1-12(2)14-10-9-13(3)16(11-14)19(17,18)15-7-5-4-6-8-15/h4-8,12,14,16H,3,9-11H2,1-2H3/t14-,16?/m0/s1. The molecule has 0 saturated heterocycles. The molecule has 0 heterocycles. The zero-order valence-corrected chi connectivity index (χ0v) is 12.5. The van der Waals surface area contributed by atoms with Gasteiger partial charge in [0.2, 0.25) is 0 Å². The van der Waals surface area contributed by atoms with Crippen molar-refractivity contribution < 1.29 is 8.42 Å². The van der Waals surface area contributed by atoms with Gasteiger partial charge in [0.25, 0.3) is 0 Å². The Morgan fingerprint density at radius 3 is 2.42 bits per heavy atom. The Hall–Kier alpha value is -1.09. The van der Waals surface area contributed by atoms with Crippen LogP contribution in [0.3, 0.4) is 0 Å². The molecule has 104 valence electrons. The van der Waals surface area contributed by atoms with E-state index in [1.807, 2.05) is 6.07 Å². The second kappa shape index (κ2) is 5.49. The van der Waals surface area contributed by atoms with Crippen LogP contribution in [0.4, 0.5) is 0 Å². The summed E-state index contributed by atoms with van der Waals surface area (Å²) in [7, 11) is -3.28. The van der Waals surface area contributed by atoms with E-state index in [1.165, 1.54) is 0 Å². The van der Waals surface area contributed by atoms with Gasteiger partial charge in [0.1, 0.15) is 0 Å². The van der Waals surface area contributed by atoms with Crippen molar-refractivity contribution in [3.8, 4) is 0 Å². The van der Waals surface area contributed by atoms with Gasteiger partial charge in [-0.05, 0) is 43.2 Å². The monoisotopic (exact) mass is 278 g/mol. The van der Waals surface area contributed by atoms with Crippen LogP contribution >= 0.6 is 0 Å². The fraction of sp³-hybridized carbons (Fsp3) is 0.500. The molecule has 1 fully saturated rings. The van der Waals surface area contributed by atoms with Crippen LogP contribution in [0, 0.1) is 11.8 Å². The Morgan fingerprint density at radius 1 is 1.21 bits per heavy atom. The maximum absolute atomic E-state index is 12.7. The summed E-state index contributed by atoms with van der Waals surface area (Å²) >= 11 is 0. The summed E-state index contributed by atoms with van der Waals surface area (Å²) in [5.41, 5.74) is 0.876. The van der Waals surface area contributed by atoms with E-state index < -0.39 is 15.1 Å². The minimum atomic E-state index is -3.28. The van der Waals surface area contributed by atoms with Gasteiger partial charge in [-0.25, -0.2) is 8.42 Å². The highest BCUT2D eigenvalue weighted by molar-refractivity contribution is 7.92. The van der Waals surface area contributed by atoms with Gasteiger partial charge < -0.3 is 0 Å². The van der Waals surface area contributed by atoms with Gasteiger partial charge in [-0.15, -0.1) is 0 Å². The molecule has 0 amide bonds. The molecule has 0 bridgehead atoms. The normalized spacial score (nSPS) is 24.7. The summed E-state index contributed by atoms with van der Waals surface area (Å²) in [6.07, 6.45) is 2.62. The molecule has 1 aromatic rings. The van der Waals surface area contributed by atoms with Crippen molar-refractivity contribution in [2.75, 3.05) is 0 Å². The van der Waals surface area contributed by atoms with E-state index in [-0.39, 0.29) is 0 Å². The minimum absolute atomic E-state index is 0.406. The second-order valence-corrected chi connectivity index (χ2v) is 7.91. The summed E-state index contributed by atoms with van der Waals surface area (Å²) in [5.74, 6) is 1.01. The van der Waals surface area contributed by atoms with E-state index in [4.69, 9.17) is 0 Å². The summed E-state index contributed by atoms with van der Waals surface area (Å²) in [4.78, 5) is 0.422. The molecule has 1 unspecified atom stereocenters. The van der Waals surface area contributed by atoms with Gasteiger partial charge >= 0.3 is 0 Å². The number of benzene rings is 1. The van der Waals surface area contributed by atoms with Crippen molar-refractivity contribution in [1.29, 1.82) is 0 Å². The maximum atomic E-state index is 12.7. The van der Waals surface area contributed by atoms with Gasteiger partial charge in [0, 0.05) is 0 Å². The van der Waals surface area contributed by atoms with Crippen molar-refractivity contribution in [3.05, 3.63) is 42.5 Å². The van der Waals surface area contributed by atoms with Gasteiger partial charge in [-0.3, -0.25) is 0 Å². The summed E-state index contributed by atoms with van der Waals surface area (Å²) in [5, 5.41) is -0.406. The first-order valence-corrected chi connectivity index (χ1v) is 8.44. The average Bonchev–Trinajstić information content (AvgIpc) is 2.39. The third-order valence-electron chi connectivity index (χ3n) is 4.20. The molecule has 19 heavy (non-hydrogen) atoms. The minimum Gasteiger partial charge on any atom is -0.223 e. The van der Waals surface area contributed by atoms with Crippen LogP contribution < -0.4 is 0 Å². The molecule has 3 heteroatoms. The van der Waals surface area contributed by atoms with E-state index >= 15 is 0 Å². The van der Waals surface area contributed by atoms with Crippen LogP contribution in [-0.4, -0.2) is 13.7 Å². The lowest BCUT2D eigenvalue weighted by Crippen LogP contribution is -2.32. The lowest BCUT2D eigenvalue weighted by atomic mass is 9.80. The van der Waals surface area contributed by atoms with Crippen molar-refractivity contribution >= 4 is 9.84 Å². The molecule has 1 saturated carbocycles. The maximum Gasteiger partial charge on any atom is 0.185 e. The van der Waals surface area contributed by atoms with Crippen LogP contribution in [0.2, 0.25) is 0 Å². The summed E-state index contributed by atoms with van der Waals surface area (Å²) in [6.45, 7) is 8.35. The van der Waals surface area contributed by atoms with Gasteiger partial charge in [-0.1, -0.05) is 44.2 Å². The molecule has 2 rings (SSSR count). The van der Waals surface area contributed by atoms with Crippen molar-refractivity contribution in [2.45, 2.75) is 43.3 Å². The fourth-order valence-electron chi connectivity index (χ4n) is 2.82. The molecule has 2 atom stereocenters. The predicted octanol–water partition coefficient (Wildman–Crippen LogP) is 3.84. The van der Waals surface area contributed by atoms with Gasteiger partial charge in [0.15, 0.2) is 9.84 Å². The van der Waals surface area contributed by atoms with Crippen LogP contribution in [-0.2, 0) is 9.84 Å². The Kier molecular flexibility index (Phi) is 4.14. The molecular formula is C16H22O2S. The third kappa shape index (κ3) is 2.92. The molecule has 0 spiro atoms.